The molecule has 2 aromatic rings. The smallest absolute Gasteiger partial charge is 0.388 e. The van der Waals surface area contributed by atoms with Gasteiger partial charge in [0, 0.05) is 25.1 Å². The maximum absolute atomic E-state index is 12.3. The minimum absolute atomic E-state index is 0.0775. The highest BCUT2D eigenvalue weighted by Crippen LogP contribution is 2.41. The molecule has 0 bridgehead atoms. The zero-order valence-electron chi connectivity index (χ0n) is 12.3. The number of ether oxygens (including phenoxy) is 2. The molecule has 3 nitrogen and oxygen atoms in total. The van der Waals surface area contributed by atoms with Gasteiger partial charge in [0.25, 0.3) is 0 Å². The van der Waals surface area contributed by atoms with Gasteiger partial charge in [-0.05, 0) is 24.1 Å². The number of benzene rings is 1. The number of nitrogens with zero attached hydrogens (tertiary/aromatic N) is 1. The molecule has 1 aromatic carbocycles. The summed E-state index contributed by atoms with van der Waals surface area (Å²) in [6.45, 7) is -0.173. The summed E-state index contributed by atoms with van der Waals surface area (Å²) in [6, 6.07) is 11.6. The van der Waals surface area contributed by atoms with E-state index < -0.39 is 12.2 Å². The second-order valence-electron chi connectivity index (χ2n) is 5.52. The maximum Gasteiger partial charge on any atom is 0.388 e. The predicted molar refractivity (Wildman–Crippen MR) is 78.0 cm³/mol. The zero-order chi connectivity index (χ0) is 15.6. The molecule has 1 aliphatic heterocycles. The Morgan fingerprint density at radius 1 is 1.27 bits per heavy atom. The van der Waals surface area contributed by atoms with Crippen LogP contribution in [-0.4, -0.2) is 18.2 Å². The summed E-state index contributed by atoms with van der Waals surface area (Å²) in [5, 5.41) is 0. The second kappa shape index (κ2) is 6.01. The fraction of sp³-hybridized carbons (Fsp3) is 0.353. The van der Waals surface area contributed by atoms with E-state index in [-0.39, 0.29) is 5.88 Å². The molecule has 1 unspecified atom stereocenters. The first-order chi connectivity index (χ1) is 10.6. The lowest BCUT2D eigenvalue weighted by Gasteiger charge is -2.42. The van der Waals surface area contributed by atoms with Gasteiger partial charge >= 0.3 is 6.61 Å². The Kier molecular flexibility index (Phi) is 4.07. The van der Waals surface area contributed by atoms with Crippen LogP contribution in [0.4, 0.5) is 8.78 Å². The van der Waals surface area contributed by atoms with Crippen LogP contribution in [0.3, 0.4) is 0 Å². The molecule has 0 saturated carbocycles. The molecule has 0 aliphatic carbocycles. The monoisotopic (exact) mass is 305 g/mol. The highest BCUT2D eigenvalue weighted by atomic mass is 19.3. The first kappa shape index (κ1) is 14.9. The molecule has 1 aliphatic rings. The van der Waals surface area contributed by atoms with Crippen LogP contribution in [0.5, 0.6) is 5.88 Å². The number of aryl methyl sites for hydroxylation is 1. The van der Waals surface area contributed by atoms with Crippen LogP contribution in [0.1, 0.15) is 23.1 Å². The van der Waals surface area contributed by atoms with Gasteiger partial charge in [0.05, 0.1) is 12.2 Å². The van der Waals surface area contributed by atoms with Gasteiger partial charge in [0.15, 0.2) is 0 Å². The average molecular weight is 305 g/mol. The summed E-state index contributed by atoms with van der Waals surface area (Å²) in [6.07, 6.45) is 3.02. The molecule has 1 atom stereocenters. The molecule has 0 N–H and O–H groups in total. The molecular formula is C17H17F2NO2. The van der Waals surface area contributed by atoms with Crippen molar-refractivity contribution < 1.29 is 18.3 Å². The van der Waals surface area contributed by atoms with Crippen LogP contribution < -0.4 is 4.74 Å². The summed E-state index contributed by atoms with van der Waals surface area (Å²) in [7, 11) is 0. The molecule has 1 saturated heterocycles. The minimum atomic E-state index is -2.88. The van der Waals surface area contributed by atoms with E-state index in [1.54, 1.807) is 12.1 Å². The number of rotatable bonds is 5. The SMILES string of the molecule is Cc1ccc(CC2(c3ccnc(OC(F)F)c3)CCO2)cc1. The van der Waals surface area contributed by atoms with Crippen LogP contribution in [0.25, 0.3) is 0 Å². The Morgan fingerprint density at radius 3 is 2.59 bits per heavy atom. The summed E-state index contributed by atoms with van der Waals surface area (Å²) < 4.78 is 34.9. The van der Waals surface area contributed by atoms with Crippen LogP contribution in [0, 0.1) is 6.92 Å². The molecule has 1 aromatic heterocycles. The molecule has 22 heavy (non-hydrogen) atoms. The third kappa shape index (κ3) is 3.09. The quantitative estimate of drug-likeness (QED) is 0.841. The van der Waals surface area contributed by atoms with Gasteiger partial charge in [-0.1, -0.05) is 29.8 Å². The normalized spacial score (nSPS) is 20.7. The molecule has 1 fully saturated rings. The van der Waals surface area contributed by atoms with Crippen LogP contribution in [0.15, 0.2) is 42.6 Å². The van der Waals surface area contributed by atoms with E-state index in [9.17, 15) is 8.78 Å². The molecule has 116 valence electrons. The van der Waals surface area contributed by atoms with Crippen molar-refractivity contribution in [2.75, 3.05) is 6.61 Å². The van der Waals surface area contributed by atoms with Crippen LogP contribution in [0.2, 0.25) is 0 Å². The Hall–Kier alpha value is -2.01. The van der Waals surface area contributed by atoms with Gasteiger partial charge in [-0.2, -0.15) is 8.78 Å². The Balaban J connectivity index is 1.85. The van der Waals surface area contributed by atoms with E-state index in [0.29, 0.717) is 13.0 Å². The van der Waals surface area contributed by atoms with Crippen molar-refractivity contribution >= 4 is 0 Å². The summed E-state index contributed by atoms with van der Waals surface area (Å²) in [4.78, 5) is 3.81. The molecule has 0 radical (unpaired) electrons. The standard InChI is InChI=1S/C17H17F2NO2/c1-12-2-4-13(5-3-12)11-17(7-9-21-17)14-6-8-20-15(10-14)22-16(18)19/h2-6,8,10,16H,7,9,11H2,1H3. The summed E-state index contributed by atoms with van der Waals surface area (Å²) >= 11 is 0. The van der Waals surface area contributed by atoms with Crippen molar-refractivity contribution in [3.05, 3.63) is 59.3 Å². The van der Waals surface area contributed by atoms with Gasteiger partial charge < -0.3 is 9.47 Å². The first-order valence-corrected chi connectivity index (χ1v) is 7.18. The van der Waals surface area contributed by atoms with Crippen LogP contribution in [-0.2, 0) is 16.8 Å². The van der Waals surface area contributed by atoms with Gasteiger partial charge in [0.2, 0.25) is 5.88 Å². The lowest BCUT2D eigenvalue weighted by Crippen LogP contribution is -2.42. The Labute approximate surface area is 127 Å². The molecule has 0 amide bonds. The lowest BCUT2D eigenvalue weighted by molar-refractivity contribution is -0.153. The van der Waals surface area contributed by atoms with Crippen molar-refractivity contribution in [2.24, 2.45) is 0 Å². The molecular weight excluding hydrogens is 288 g/mol. The second-order valence-corrected chi connectivity index (χ2v) is 5.52. The van der Waals surface area contributed by atoms with Crippen molar-refractivity contribution in [1.82, 2.24) is 4.98 Å². The number of aromatic nitrogens is 1. The highest BCUT2D eigenvalue weighted by Gasteiger charge is 2.40. The number of hydrogen-bond donors (Lipinski definition) is 0. The van der Waals surface area contributed by atoms with E-state index in [1.165, 1.54) is 11.8 Å². The third-order valence-electron chi connectivity index (χ3n) is 3.97. The van der Waals surface area contributed by atoms with Crippen molar-refractivity contribution in [3.8, 4) is 5.88 Å². The van der Waals surface area contributed by atoms with Crippen LogP contribution >= 0.6 is 0 Å². The van der Waals surface area contributed by atoms with Crippen molar-refractivity contribution in [3.63, 3.8) is 0 Å². The largest absolute Gasteiger partial charge is 0.417 e. The first-order valence-electron chi connectivity index (χ1n) is 7.18. The van der Waals surface area contributed by atoms with E-state index >= 15 is 0 Å². The molecule has 5 heteroatoms. The van der Waals surface area contributed by atoms with E-state index in [1.807, 2.05) is 6.92 Å². The summed E-state index contributed by atoms with van der Waals surface area (Å²) in [5.74, 6) is -0.0775. The molecule has 3 rings (SSSR count). The number of hydrogen-bond acceptors (Lipinski definition) is 3. The van der Waals surface area contributed by atoms with Crippen molar-refractivity contribution in [2.45, 2.75) is 32.0 Å². The van der Waals surface area contributed by atoms with E-state index in [4.69, 9.17) is 4.74 Å². The van der Waals surface area contributed by atoms with Gasteiger partial charge in [-0.25, -0.2) is 4.98 Å². The predicted octanol–water partition coefficient (Wildman–Crippen LogP) is 3.85. The zero-order valence-corrected chi connectivity index (χ0v) is 12.3. The maximum atomic E-state index is 12.3. The van der Waals surface area contributed by atoms with Gasteiger partial charge in [0.1, 0.15) is 0 Å². The molecule has 2 heterocycles. The van der Waals surface area contributed by atoms with Crippen molar-refractivity contribution in [1.29, 1.82) is 0 Å². The Bertz CT molecular complexity index is 639. The highest BCUT2D eigenvalue weighted by molar-refractivity contribution is 5.32. The fourth-order valence-corrected chi connectivity index (χ4v) is 2.70. The topological polar surface area (TPSA) is 31.4 Å². The van der Waals surface area contributed by atoms with E-state index in [2.05, 4.69) is 34.0 Å². The number of pyridine rings is 1. The third-order valence-corrected chi connectivity index (χ3v) is 3.97. The Morgan fingerprint density at radius 2 is 2.00 bits per heavy atom. The molecule has 0 spiro atoms. The number of halogens is 2. The minimum Gasteiger partial charge on any atom is -0.417 e. The fourth-order valence-electron chi connectivity index (χ4n) is 2.70. The summed E-state index contributed by atoms with van der Waals surface area (Å²) in [5.41, 5.74) is 2.70. The lowest BCUT2D eigenvalue weighted by atomic mass is 9.81. The number of alkyl halides is 2. The average Bonchev–Trinajstić information content (AvgIpc) is 2.44. The van der Waals surface area contributed by atoms with Gasteiger partial charge in [-0.3, -0.25) is 0 Å². The van der Waals surface area contributed by atoms with E-state index in [0.717, 1.165) is 17.5 Å². The van der Waals surface area contributed by atoms with Gasteiger partial charge in [-0.15, -0.1) is 0 Å².